The Hall–Kier alpha value is -2.29. The molecule has 0 bridgehead atoms. The number of halogens is 1. The van der Waals surface area contributed by atoms with Crippen molar-refractivity contribution in [3.8, 4) is 5.75 Å². The van der Waals surface area contributed by atoms with Crippen LogP contribution in [0.25, 0.3) is 0 Å². The highest BCUT2D eigenvalue weighted by atomic mass is 35.5. The lowest BCUT2D eigenvalue weighted by atomic mass is 10.2. The van der Waals surface area contributed by atoms with Crippen LogP contribution in [-0.4, -0.2) is 59.6 Å². The number of para-hydroxylation sites is 2. The first-order chi connectivity index (χ1) is 14.3. The molecule has 1 fully saturated rings. The van der Waals surface area contributed by atoms with Crippen LogP contribution in [-0.2, 0) is 10.0 Å². The lowest BCUT2D eigenvalue weighted by Gasteiger charge is -2.22. The number of hydrogen-bond acceptors (Lipinski definition) is 5. The number of sulfonamides is 1. The molecule has 2 aromatic rings. The summed E-state index contributed by atoms with van der Waals surface area (Å²) in [5, 5.41) is 3.03. The number of nitrogens with one attached hydrogen (secondary N) is 1. The Morgan fingerprint density at radius 3 is 2.60 bits per heavy atom. The summed E-state index contributed by atoms with van der Waals surface area (Å²) < 4.78 is 32.7. The first-order valence-corrected chi connectivity index (χ1v) is 11.6. The third kappa shape index (κ3) is 4.88. The predicted molar refractivity (Wildman–Crippen MR) is 118 cm³/mol. The zero-order valence-corrected chi connectivity index (χ0v) is 18.7. The summed E-state index contributed by atoms with van der Waals surface area (Å²) in [4.78, 5) is 14.9. The summed E-state index contributed by atoms with van der Waals surface area (Å²) in [6.45, 7) is 3.32. The van der Waals surface area contributed by atoms with Crippen LogP contribution in [0, 0.1) is 0 Å². The van der Waals surface area contributed by atoms with Crippen molar-refractivity contribution in [1.82, 2.24) is 10.2 Å². The van der Waals surface area contributed by atoms with E-state index in [0.717, 1.165) is 23.9 Å². The molecule has 7 nitrogen and oxygen atoms in total. The highest BCUT2D eigenvalue weighted by Crippen LogP contribution is 2.31. The summed E-state index contributed by atoms with van der Waals surface area (Å²) >= 11 is 6.19. The smallest absolute Gasteiger partial charge is 0.264 e. The zero-order valence-electron chi connectivity index (χ0n) is 17.1. The van der Waals surface area contributed by atoms with Crippen LogP contribution in [0.2, 0.25) is 5.02 Å². The maximum atomic E-state index is 13.2. The van der Waals surface area contributed by atoms with Gasteiger partial charge in [0, 0.05) is 20.1 Å². The van der Waals surface area contributed by atoms with Gasteiger partial charge in [-0.1, -0.05) is 23.7 Å². The van der Waals surface area contributed by atoms with Crippen molar-refractivity contribution < 1.29 is 17.9 Å². The number of amides is 1. The summed E-state index contributed by atoms with van der Waals surface area (Å²) in [6.07, 6.45) is 2.36. The lowest BCUT2D eigenvalue weighted by Crippen LogP contribution is -2.33. The third-order valence-corrected chi connectivity index (χ3v) is 7.27. The molecule has 1 saturated heterocycles. The van der Waals surface area contributed by atoms with Crippen molar-refractivity contribution in [2.45, 2.75) is 17.7 Å². The van der Waals surface area contributed by atoms with Crippen LogP contribution in [0.5, 0.6) is 5.75 Å². The molecule has 1 heterocycles. The number of hydrogen-bond donors (Lipinski definition) is 1. The molecule has 0 radical (unpaired) electrons. The number of likely N-dealkylation sites (tertiary alicyclic amines) is 1. The van der Waals surface area contributed by atoms with Gasteiger partial charge in [-0.25, -0.2) is 8.42 Å². The minimum Gasteiger partial charge on any atom is -0.495 e. The van der Waals surface area contributed by atoms with Crippen LogP contribution in [0.4, 0.5) is 5.69 Å². The first kappa shape index (κ1) is 22.4. The third-order valence-electron chi connectivity index (χ3n) is 5.18. The normalized spacial score (nSPS) is 14.5. The molecule has 0 spiro atoms. The van der Waals surface area contributed by atoms with Gasteiger partial charge in [0.05, 0.1) is 28.3 Å². The van der Waals surface area contributed by atoms with Crippen molar-refractivity contribution in [1.29, 1.82) is 0 Å². The van der Waals surface area contributed by atoms with Gasteiger partial charge in [0.25, 0.3) is 15.9 Å². The molecule has 162 valence electrons. The van der Waals surface area contributed by atoms with Gasteiger partial charge in [0.15, 0.2) is 0 Å². The van der Waals surface area contributed by atoms with Gasteiger partial charge in [0.1, 0.15) is 5.75 Å². The van der Waals surface area contributed by atoms with Gasteiger partial charge in [-0.15, -0.1) is 0 Å². The fraction of sp³-hybridized carbons (Fsp3) is 0.381. The summed E-state index contributed by atoms with van der Waals surface area (Å²) in [5.41, 5.74) is 0.527. The number of anilines is 1. The second-order valence-electron chi connectivity index (χ2n) is 7.09. The van der Waals surface area contributed by atoms with Crippen molar-refractivity contribution in [2.24, 2.45) is 0 Å². The molecule has 0 unspecified atom stereocenters. The summed E-state index contributed by atoms with van der Waals surface area (Å²) in [5.74, 6) is 0.0357. The second kappa shape index (κ2) is 9.68. The molecule has 2 aromatic carbocycles. The molecule has 9 heteroatoms. The van der Waals surface area contributed by atoms with E-state index in [1.807, 2.05) is 0 Å². The number of ether oxygens (including phenoxy) is 1. The van der Waals surface area contributed by atoms with E-state index in [1.165, 1.54) is 45.2 Å². The quantitative estimate of drug-likeness (QED) is 0.667. The zero-order chi connectivity index (χ0) is 21.7. The monoisotopic (exact) mass is 451 g/mol. The number of nitrogens with zero attached hydrogens (tertiary/aromatic N) is 2. The van der Waals surface area contributed by atoms with Crippen LogP contribution < -0.4 is 14.4 Å². The Labute approximate surface area is 182 Å². The highest BCUT2D eigenvalue weighted by Gasteiger charge is 2.25. The average Bonchev–Trinajstić information content (AvgIpc) is 3.26. The second-order valence-corrected chi connectivity index (χ2v) is 9.47. The molecule has 0 aromatic heterocycles. The van der Waals surface area contributed by atoms with E-state index in [-0.39, 0.29) is 15.5 Å². The molecular weight excluding hydrogens is 426 g/mol. The Kier molecular flexibility index (Phi) is 7.23. The molecule has 0 saturated carbocycles. The fourth-order valence-electron chi connectivity index (χ4n) is 3.45. The van der Waals surface area contributed by atoms with Gasteiger partial charge in [-0.2, -0.15) is 0 Å². The van der Waals surface area contributed by atoms with Crippen LogP contribution in [0.15, 0.2) is 47.4 Å². The van der Waals surface area contributed by atoms with E-state index < -0.39 is 15.9 Å². The van der Waals surface area contributed by atoms with Crippen molar-refractivity contribution in [3.63, 3.8) is 0 Å². The molecule has 30 heavy (non-hydrogen) atoms. The molecule has 0 atom stereocenters. The highest BCUT2D eigenvalue weighted by molar-refractivity contribution is 7.92. The molecule has 1 aliphatic heterocycles. The Morgan fingerprint density at radius 1 is 1.20 bits per heavy atom. The minimum atomic E-state index is -3.92. The summed E-state index contributed by atoms with van der Waals surface area (Å²) in [6, 6.07) is 11.0. The van der Waals surface area contributed by atoms with Crippen molar-refractivity contribution in [3.05, 3.63) is 53.1 Å². The topological polar surface area (TPSA) is 78.9 Å². The van der Waals surface area contributed by atoms with Gasteiger partial charge in [0.2, 0.25) is 0 Å². The average molecular weight is 452 g/mol. The van der Waals surface area contributed by atoms with E-state index in [2.05, 4.69) is 10.2 Å². The lowest BCUT2D eigenvalue weighted by molar-refractivity contribution is 0.0949. The van der Waals surface area contributed by atoms with E-state index in [1.54, 1.807) is 24.3 Å². The van der Waals surface area contributed by atoms with Gasteiger partial charge in [-0.3, -0.25) is 9.10 Å². The molecule has 1 N–H and O–H groups in total. The summed E-state index contributed by atoms with van der Waals surface area (Å²) in [7, 11) is -1.00. The number of carbonyl (C=O) groups is 1. The van der Waals surface area contributed by atoms with Crippen LogP contribution in [0.3, 0.4) is 0 Å². The fourth-order valence-corrected chi connectivity index (χ4v) is 4.88. The van der Waals surface area contributed by atoms with Gasteiger partial charge in [-0.05, 0) is 56.3 Å². The van der Waals surface area contributed by atoms with Crippen molar-refractivity contribution in [2.75, 3.05) is 44.6 Å². The Balaban J connectivity index is 1.79. The maximum absolute atomic E-state index is 13.2. The minimum absolute atomic E-state index is 0.0231. The first-order valence-electron chi connectivity index (χ1n) is 9.76. The standard InChI is InChI=1S/C21H26ClN3O4S/c1-24(19-7-3-4-8-20(19)29-2)30(27,28)16-9-10-18(22)17(15-16)21(26)23-11-14-25-12-5-6-13-25/h3-4,7-10,15H,5-6,11-14H2,1-2H3,(H,23,26). The van der Waals surface area contributed by atoms with Crippen LogP contribution >= 0.6 is 11.6 Å². The number of carbonyl (C=O) groups excluding carboxylic acids is 1. The Bertz CT molecular complexity index is 1010. The van der Waals surface area contributed by atoms with E-state index >= 15 is 0 Å². The van der Waals surface area contributed by atoms with Crippen molar-refractivity contribution >= 4 is 33.2 Å². The van der Waals surface area contributed by atoms with Crippen LogP contribution in [0.1, 0.15) is 23.2 Å². The van der Waals surface area contributed by atoms with E-state index in [4.69, 9.17) is 16.3 Å². The molecular formula is C21H26ClN3O4S. The number of rotatable bonds is 8. The predicted octanol–water partition coefficient (Wildman–Crippen LogP) is 3.00. The van der Waals surface area contributed by atoms with E-state index in [0.29, 0.717) is 18.0 Å². The largest absolute Gasteiger partial charge is 0.495 e. The number of benzene rings is 2. The number of methoxy groups -OCH3 is 1. The molecule has 0 aliphatic carbocycles. The molecule has 1 amide bonds. The maximum Gasteiger partial charge on any atom is 0.264 e. The SMILES string of the molecule is COc1ccccc1N(C)S(=O)(=O)c1ccc(Cl)c(C(=O)NCCN2CCCC2)c1. The Morgan fingerprint density at radius 2 is 1.90 bits per heavy atom. The molecule has 3 rings (SSSR count). The van der Waals surface area contributed by atoms with E-state index in [9.17, 15) is 13.2 Å². The molecule has 1 aliphatic rings. The van der Waals surface area contributed by atoms with Gasteiger partial charge >= 0.3 is 0 Å². The van der Waals surface area contributed by atoms with Gasteiger partial charge < -0.3 is 15.0 Å².